The molecule has 0 unspecified atom stereocenters. The molecule has 0 aliphatic heterocycles. The van der Waals surface area contributed by atoms with Gasteiger partial charge < -0.3 is 10.4 Å². The van der Waals surface area contributed by atoms with E-state index in [9.17, 15) is 4.79 Å². The molecule has 0 saturated heterocycles. The standard InChI is InChI=1S/C14H16N4O2/c19-14(20)9-1-3-10(4-2-9)17-12-6-5-11-13(18-12)16-8-7-15-11/h5-10H,1-4H2,(H,19,20)(H,16,17,18). The van der Waals surface area contributed by atoms with E-state index in [-0.39, 0.29) is 12.0 Å². The second kappa shape index (κ2) is 5.40. The van der Waals surface area contributed by atoms with Crippen molar-refractivity contribution >= 4 is 23.0 Å². The highest BCUT2D eigenvalue weighted by Gasteiger charge is 2.25. The van der Waals surface area contributed by atoms with Crippen molar-refractivity contribution in [3.8, 4) is 0 Å². The first-order chi connectivity index (χ1) is 9.72. The second-order valence-electron chi connectivity index (χ2n) is 5.13. The quantitative estimate of drug-likeness (QED) is 0.889. The smallest absolute Gasteiger partial charge is 0.306 e. The topological polar surface area (TPSA) is 88.0 Å². The van der Waals surface area contributed by atoms with Crippen LogP contribution >= 0.6 is 0 Å². The van der Waals surface area contributed by atoms with Gasteiger partial charge in [-0.1, -0.05) is 0 Å². The molecule has 2 aromatic rings. The maximum absolute atomic E-state index is 10.9. The lowest BCUT2D eigenvalue weighted by molar-refractivity contribution is -0.142. The van der Waals surface area contributed by atoms with Crippen LogP contribution in [0.2, 0.25) is 0 Å². The van der Waals surface area contributed by atoms with Crippen LogP contribution in [0.3, 0.4) is 0 Å². The van der Waals surface area contributed by atoms with Crippen molar-refractivity contribution in [3.05, 3.63) is 24.5 Å². The van der Waals surface area contributed by atoms with Gasteiger partial charge in [-0.05, 0) is 37.8 Å². The van der Waals surface area contributed by atoms with Gasteiger partial charge in [0.1, 0.15) is 11.3 Å². The van der Waals surface area contributed by atoms with Crippen molar-refractivity contribution in [1.29, 1.82) is 0 Å². The average molecular weight is 272 g/mol. The van der Waals surface area contributed by atoms with E-state index in [0.29, 0.717) is 5.65 Å². The summed E-state index contributed by atoms with van der Waals surface area (Å²) in [5, 5.41) is 12.3. The van der Waals surface area contributed by atoms with Crippen LogP contribution in [0.15, 0.2) is 24.5 Å². The Kier molecular flexibility index (Phi) is 3.45. The molecule has 1 fully saturated rings. The molecule has 0 atom stereocenters. The van der Waals surface area contributed by atoms with E-state index in [1.165, 1.54) is 0 Å². The SMILES string of the molecule is O=C(O)C1CCC(Nc2ccc3nccnc3n2)CC1. The molecule has 104 valence electrons. The van der Waals surface area contributed by atoms with Crippen LogP contribution in [0.1, 0.15) is 25.7 Å². The Morgan fingerprint density at radius 2 is 1.90 bits per heavy atom. The summed E-state index contributed by atoms with van der Waals surface area (Å²) in [4.78, 5) is 23.7. The molecule has 0 radical (unpaired) electrons. The van der Waals surface area contributed by atoms with E-state index in [4.69, 9.17) is 5.11 Å². The van der Waals surface area contributed by atoms with E-state index in [1.807, 2.05) is 12.1 Å². The minimum absolute atomic E-state index is 0.191. The molecule has 1 saturated carbocycles. The van der Waals surface area contributed by atoms with Gasteiger partial charge in [-0.25, -0.2) is 9.97 Å². The summed E-state index contributed by atoms with van der Waals surface area (Å²) in [5.41, 5.74) is 1.39. The molecule has 6 nitrogen and oxygen atoms in total. The number of nitrogens with one attached hydrogen (secondary N) is 1. The number of hydrogen-bond donors (Lipinski definition) is 2. The van der Waals surface area contributed by atoms with Crippen LogP contribution in [-0.4, -0.2) is 32.1 Å². The third-order valence-electron chi connectivity index (χ3n) is 3.76. The minimum Gasteiger partial charge on any atom is -0.481 e. The van der Waals surface area contributed by atoms with E-state index >= 15 is 0 Å². The summed E-state index contributed by atoms with van der Waals surface area (Å²) < 4.78 is 0. The Bertz CT molecular complexity index is 623. The van der Waals surface area contributed by atoms with Gasteiger partial charge in [0, 0.05) is 18.4 Å². The molecule has 6 heteroatoms. The summed E-state index contributed by atoms with van der Waals surface area (Å²) in [6.45, 7) is 0. The highest BCUT2D eigenvalue weighted by atomic mass is 16.4. The first-order valence-corrected chi connectivity index (χ1v) is 6.79. The van der Waals surface area contributed by atoms with Gasteiger partial charge in [0.25, 0.3) is 0 Å². The van der Waals surface area contributed by atoms with Gasteiger partial charge in [-0.2, -0.15) is 0 Å². The number of aromatic nitrogens is 3. The second-order valence-corrected chi connectivity index (χ2v) is 5.13. The zero-order valence-electron chi connectivity index (χ0n) is 11.0. The van der Waals surface area contributed by atoms with Crippen LogP contribution in [0.25, 0.3) is 11.2 Å². The minimum atomic E-state index is -0.678. The van der Waals surface area contributed by atoms with Gasteiger partial charge in [0.15, 0.2) is 5.65 Å². The summed E-state index contributed by atoms with van der Waals surface area (Å²) in [6, 6.07) is 4.06. The number of fused-ring (bicyclic) bond motifs is 1. The molecule has 2 N–H and O–H groups in total. The lowest BCUT2D eigenvalue weighted by atomic mass is 9.86. The predicted molar refractivity (Wildman–Crippen MR) is 74.3 cm³/mol. The predicted octanol–water partition coefficient (Wildman–Crippen LogP) is 2.08. The van der Waals surface area contributed by atoms with Crippen molar-refractivity contribution in [2.45, 2.75) is 31.7 Å². The maximum Gasteiger partial charge on any atom is 0.306 e. The van der Waals surface area contributed by atoms with Crippen molar-refractivity contribution in [1.82, 2.24) is 15.0 Å². The van der Waals surface area contributed by atoms with Gasteiger partial charge in [-0.15, -0.1) is 0 Å². The number of carboxylic acid groups (broad SMARTS) is 1. The monoisotopic (exact) mass is 272 g/mol. The number of rotatable bonds is 3. The molecule has 1 aliphatic carbocycles. The molecular weight excluding hydrogens is 256 g/mol. The molecule has 20 heavy (non-hydrogen) atoms. The van der Waals surface area contributed by atoms with E-state index in [1.54, 1.807) is 12.4 Å². The Morgan fingerprint density at radius 1 is 1.15 bits per heavy atom. The summed E-state index contributed by atoms with van der Waals surface area (Å²) in [6.07, 6.45) is 6.43. The number of nitrogens with zero attached hydrogens (tertiary/aromatic N) is 3. The normalized spacial score (nSPS) is 22.6. The molecule has 2 aromatic heterocycles. The third-order valence-corrected chi connectivity index (χ3v) is 3.76. The number of pyridine rings is 1. The van der Waals surface area contributed by atoms with Gasteiger partial charge in [0.2, 0.25) is 0 Å². The molecule has 2 heterocycles. The van der Waals surface area contributed by atoms with Gasteiger partial charge >= 0.3 is 5.97 Å². The zero-order chi connectivity index (χ0) is 13.9. The number of aliphatic carboxylic acids is 1. The molecule has 0 bridgehead atoms. The van der Waals surface area contributed by atoms with Crippen molar-refractivity contribution in [2.75, 3.05) is 5.32 Å². The van der Waals surface area contributed by atoms with Crippen LogP contribution in [0.4, 0.5) is 5.82 Å². The number of carboxylic acids is 1. The first-order valence-electron chi connectivity index (χ1n) is 6.79. The van der Waals surface area contributed by atoms with Crippen LogP contribution in [0, 0.1) is 5.92 Å². The van der Waals surface area contributed by atoms with Crippen LogP contribution in [0.5, 0.6) is 0 Å². The van der Waals surface area contributed by atoms with E-state index in [0.717, 1.165) is 37.0 Å². The Morgan fingerprint density at radius 3 is 2.65 bits per heavy atom. The van der Waals surface area contributed by atoms with Crippen molar-refractivity contribution in [3.63, 3.8) is 0 Å². The fourth-order valence-corrected chi connectivity index (χ4v) is 2.63. The Labute approximate surface area is 116 Å². The van der Waals surface area contributed by atoms with Crippen LogP contribution < -0.4 is 5.32 Å². The van der Waals surface area contributed by atoms with Crippen molar-refractivity contribution < 1.29 is 9.90 Å². The summed E-state index contributed by atoms with van der Waals surface area (Å²) in [5.74, 6) is -0.0946. The highest BCUT2D eigenvalue weighted by Crippen LogP contribution is 2.26. The lowest BCUT2D eigenvalue weighted by Crippen LogP contribution is -2.29. The van der Waals surface area contributed by atoms with E-state index < -0.39 is 5.97 Å². The maximum atomic E-state index is 10.9. The summed E-state index contributed by atoms with van der Waals surface area (Å²) in [7, 11) is 0. The molecule has 0 aromatic carbocycles. The molecule has 1 aliphatic rings. The lowest BCUT2D eigenvalue weighted by Gasteiger charge is -2.27. The van der Waals surface area contributed by atoms with E-state index in [2.05, 4.69) is 20.3 Å². The van der Waals surface area contributed by atoms with Crippen molar-refractivity contribution in [2.24, 2.45) is 5.92 Å². The number of carbonyl (C=O) groups is 1. The third kappa shape index (κ3) is 2.68. The Balaban J connectivity index is 1.66. The fourth-order valence-electron chi connectivity index (χ4n) is 2.63. The fraction of sp³-hybridized carbons (Fsp3) is 0.429. The highest BCUT2D eigenvalue weighted by molar-refractivity contribution is 5.71. The first kappa shape index (κ1) is 12.8. The largest absolute Gasteiger partial charge is 0.481 e. The average Bonchev–Trinajstić information content (AvgIpc) is 2.48. The zero-order valence-corrected chi connectivity index (χ0v) is 11.0. The number of hydrogen-bond acceptors (Lipinski definition) is 5. The van der Waals surface area contributed by atoms with Gasteiger partial charge in [0.05, 0.1) is 5.92 Å². The molecule has 0 spiro atoms. The molecule has 0 amide bonds. The molecular formula is C14H16N4O2. The Hall–Kier alpha value is -2.24. The summed E-state index contributed by atoms with van der Waals surface area (Å²) >= 11 is 0. The number of anilines is 1. The molecule has 3 rings (SSSR count). The van der Waals surface area contributed by atoms with Crippen LogP contribution in [-0.2, 0) is 4.79 Å². The van der Waals surface area contributed by atoms with Gasteiger partial charge in [-0.3, -0.25) is 9.78 Å².